The van der Waals surface area contributed by atoms with Crippen molar-refractivity contribution in [3.05, 3.63) is 35.9 Å². The van der Waals surface area contributed by atoms with Crippen molar-refractivity contribution >= 4 is 11.8 Å². The molecule has 3 atom stereocenters. The van der Waals surface area contributed by atoms with Crippen LogP contribution in [-0.2, 0) is 23.7 Å². The van der Waals surface area contributed by atoms with Crippen molar-refractivity contribution in [3.8, 4) is 0 Å². The Morgan fingerprint density at radius 2 is 1.95 bits per heavy atom. The van der Waals surface area contributed by atoms with E-state index in [0.717, 1.165) is 0 Å². The van der Waals surface area contributed by atoms with Gasteiger partial charge >= 0.3 is 5.97 Å². The number of Topliss-reactive ketones (excluding diaryl/α,β-unsaturated/α-hetero) is 1. The van der Waals surface area contributed by atoms with Crippen molar-refractivity contribution in [1.82, 2.24) is 0 Å². The lowest BCUT2D eigenvalue weighted by atomic mass is 10.2. The van der Waals surface area contributed by atoms with Crippen molar-refractivity contribution < 1.29 is 28.5 Å². The monoisotopic (exact) mass is 292 g/mol. The highest BCUT2D eigenvalue weighted by molar-refractivity contribution is 5.92. The Bertz CT molecular complexity index is 553. The molecule has 6 heteroatoms. The van der Waals surface area contributed by atoms with Gasteiger partial charge in [0.25, 0.3) is 0 Å². The molecule has 0 radical (unpaired) electrons. The number of hydrogen-bond donors (Lipinski definition) is 0. The van der Waals surface area contributed by atoms with Gasteiger partial charge in [-0.3, -0.25) is 4.79 Å². The third kappa shape index (κ3) is 2.83. The summed E-state index contributed by atoms with van der Waals surface area (Å²) < 4.78 is 21.5. The average Bonchev–Trinajstić information content (AvgIpc) is 2.91. The third-order valence-electron chi connectivity index (χ3n) is 3.33. The molecule has 21 heavy (non-hydrogen) atoms. The van der Waals surface area contributed by atoms with E-state index in [2.05, 4.69) is 0 Å². The number of carbonyl (C=O) groups is 2. The van der Waals surface area contributed by atoms with E-state index in [9.17, 15) is 9.59 Å². The van der Waals surface area contributed by atoms with Gasteiger partial charge in [-0.2, -0.15) is 0 Å². The Kier molecular flexibility index (Phi) is 3.52. The number of carbonyl (C=O) groups excluding carboxylic acids is 2. The van der Waals surface area contributed by atoms with Gasteiger partial charge in [-0.25, -0.2) is 4.79 Å². The molecule has 0 amide bonds. The highest BCUT2D eigenvalue weighted by Gasteiger charge is 2.54. The van der Waals surface area contributed by atoms with E-state index in [1.165, 1.54) is 0 Å². The fourth-order valence-corrected chi connectivity index (χ4v) is 2.36. The molecule has 2 heterocycles. The molecule has 0 aromatic heterocycles. The first-order valence-corrected chi connectivity index (χ1v) is 6.73. The molecule has 0 unspecified atom stereocenters. The molecule has 0 spiro atoms. The maximum absolute atomic E-state index is 12.1. The van der Waals surface area contributed by atoms with E-state index in [-0.39, 0.29) is 12.4 Å². The van der Waals surface area contributed by atoms with Gasteiger partial charge in [-0.05, 0) is 26.0 Å². The van der Waals surface area contributed by atoms with Crippen LogP contribution in [0.5, 0.6) is 0 Å². The number of fused-ring (bicyclic) bond motifs is 1. The molecule has 1 aromatic carbocycles. The Hall–Kier alpha value is -1.76. The number of ketones is 1. The summed E-state index contributed by atoms with van der Waals surface area (Å²) in [6.45, 7) is 3.28. The van der Waals surface area contributed by atoms with Crippen LogP contribution in [0.1, 0.15) is 24.2 Å². The number of hydrogen-bond acceptors (Lipinski definition) is 6. The molecule has 0 N–H and O–H groups in total. The van der Waals surface area contributed by atoms with Crippen molar-refractivity contribution in [2.75, 3.05) is 6.61 Å². The van der Waals surface area contributed by atoms with Gasteiger partial charge in [-0.1, -0.05) is 18.2 Å². The predicted octanol–water partition coefficient (Wildman–Crippen LogP) is 1.29. The summed E-state index contributed by atoms with van der Waals surface area (Å²) >= 11 is 0. The van der Waals surface area contributed by atoms with Gasteiger partial charge < -0.3 is 18.9 Å². The van der Waals surface area contributed by atoms with E-state index >= 15 is 0 Å². The fourth-order valence-electron chi connectivity index (χ4n) is 2.36. The van der Waals surface area contributed by atoms with Crippen LogP contribution in [0.15, 0.2) is 30.3 Å². The molecule has 2 saturated heterocycles. The normalized spacial score (nSPS) is 30.2. The second-order valence-corrected chi connectivity index (χ2v) is 5.42. The zero-order valence-corrected chi connectivity index (χ0v) is 11.8. The lowest BCUT2D eigenvalue weighted by Gasteiger charge is -2.19. The fraction of sp³-hybridized carbons (Fsp3) is 0.467. The molecule has 0 saturated carbocycles. The van der Waals surface area contributed by atoms with Crippen LogP contribution in [0.25, 0.3) is 0 Å². The highest BCUT2D eigenvalue weighted by Crippen LogP contribution is 2.35. The van der Waals surface area contributed by atoms with Crippen LogP contribution in [0.3, 0.4) is 0 Å². The summed E-state index contributed by atoms with van der Waals surface area (Å²) in [6.07, 6.45) is -2.32. The van der Waals surface area contributed by atoms with Crippen LogP contribution >= 0.6 is 0 Å². The number of benzene rings is 1. The minimum atomic E-state index is -0.844. The van der Waals surface area contributed by atoms with Crippen molar-refractivity contribution in [2.45, 2.75) is 38.1 Å². The van der Waals surface area contributed by atoms with Gasteiger partial charge in [0, 0.05) is 0 Å². The second kappa shape index (κ2) is 5.22. The largest absolute Gasteiger partial charge is 0.459 e. The van der Waals surface area contributed by atoms with Crippen LogP contribution in [0, 0.1) is 0 Å². The topological polar surface area (TPSA) is 71.1 Å². The summed E-state index contributed by atoms with van der Waals surface area (Å²) in [5, 5.41) is 0. The van der Waals surface area contributed by atoms with Crippen molar-refractivity contribution in [1.29, 1.82) is 0 Å². The standard InChI is InChI=1S/C15H16O6/c1-15(2)20-12-11(16)10(19-14(12)21-15)8-18-13(17)9-6-4-3-5-7-9/h3-7,10,12,14H,8H2,1-2H3/t10-,12+,14+/m0/s1. The number of ether oxygens (including phenoxy) is 4. The van der Waals surface area contributed by atoms with E-state index in [1.54, 1.807) is 44.2 Å². The van der Waals surface area contributed by atoms with Gasteiger partial charge in [0.1, 0.15) is 6.61 Å². The summed E-state index contributed by atoms with van der Waals surface area (Å²) in [5.74, 6) is -1.59. The molecule has 2 fully saturated rings. The predicted molar refractivity (Wildman–Crippen MR) is 70.4 cm³/mol. The van der Waals surface area contributed by atoms with Gasteiger partial charge in [0.2, 0.25) is 0 Å². The smallest absolute Gasteiger partial charge is 0.338 e. The van der Waals surface area contributed by atoms with Crippen LogP contribution in [-0.4, -0.2) is 42.6 Å². The molecule has 6 nitrogen and oxygen atoms in total. The van der Waals surface area contributed by atoms with Gasteiger partial charge in [-0.15, -0.1) is 0 Å². The summed E-state index contributed by atoms with van der Waals surface area (Å²) in [4.78, 5) is 23.9. The van der Waals surface area contributed by atoms with Crippen LogP contribution in [0.4, 0.5) is 0 Å². The molecule has 2 aliphatic heterocycles. The van der Waals surface area contributed by atoms with E-state index in [1.807, 2.05) is 0 Å². The van der Waals surface area contributed by atoms with E-state index in [0.29, 0.717) is 5.56 Å². The van der Waals surface area contributed by atoms with Gasteiger partial charge in [0.15, 0.2) is 30.1 Å². The molecule has 1 aromatic rings. The maximum Gasteiger partial charge on any atom is 0.338 e. The second-order valence-electron chi connectivity index (χ2n) is 5.42. The number of rotatable bonds is 3. The quantitative estimate of drug-likeness (QED) is 0.782. The minimum absolute atomic E-state index is 0.146. The summed E-state index contributed by atoms with van der Waals surface area (Å²) in [7, 11) is 0. The number of esters is 1. The van der Waals surface area contributed by atoms with Crippen molar-refractivity contribution in [3.63, 3.8) is 0 Å². The highest BCUT2D eigenvalue weighted by atomic mass is 16.8. The third-order valence-corrected chi connectivity index (χ3v) is 3.33. The zero-order chi connectivity index (χ0) is 15.0. The first-order valence-electron chi connectivity index (χ1n) is 6.73. The molecule has 0 bridgehead atoms. The maximum atomic E-state index is 12.1. The molecule has 112 valence electrons. The lowest BCUT2D eigenvalue weighted by Crippen LogP contribution is -2.33. The van der Waals surface area contributed by atoms with E-state index < -0.39 is 30.3 Å². The zero-order valence-electron chi connectivity index (χ0n) is 11.8. The molecule has 2 aliphatic rings. The SMILES string of the molecule is CC1(C)O[C@H]2O[C@@H](COC(=O)c3ccccc3)C(=O)[C@H]2O1. The Morgan fingerprint density at radius 1 is 1.24 bits per heavy atom. The minimum Gasteiger partial charge on any atom is -0.459 e. The Balaban J connectivity index is 1.56. The molecule has 3 rings (SSSR count). The first-order chi connectivity index (χ1) is 9.96. The van der Waals surface area contributed by atoms with Crippen LogP contribution in [0.2, 0.25) is 0 Å². The summed E-state index contributed by atoms with van der Waals surface area (Å²) in [6, 6.07) is 8.56. The van der Waals surface area contributed by atoms with Crippen molar-refractivity contribution in [2.24, 2.45) is 0 Å². The summed E-state index contributed by atoms with van der Waals surface area (Å²) in [5.41, 5.74) is 0.428. The molecular weight excluding hydrogens is 276 g/mol. The average molecular weight is 292 g/mol. The van der Waals surface area contributed by atoms with Crippen LogP contribution < -0.4 is 0 Å². The molecule has 0 aliphatic carbocycles. The Labute approximate surface area is 121 Å². The Morgan fingerprint density at radius 3 is 2.62 bits per heavy atom. The molecular formula is C15H16O6. The van der Waals surface area contributed by atoms with E-state index in [4.69, 9.17) is 18.9 Å². The van der Waals surface area contributed by atoms with Gasteiger partial charge in [0.05, 0.1) is 5.56 Å². The lowest BCUT2D eigenvalue weighted by molar-refractivity contribution is -0.207. The first kappa shape index (κ1) is 14.2.